The predicted molar refractivity (Wildman–Crippen MR) is 99.6 cm³/mol. The normalized spacial score (nSPS) is 11.3. The lowest BCUT2D eigenvalue weighted by atomic mass is 10.2. The van der Waals surface area contributed by atoms with Crippen LogP contribution in [0.4, 0.5) is 5.69 Å². The number of nitrogens with zero attached hydrogens (tertiary/aromatic N) is 2. The van der Waals surface area contributed by atoms with E-state index in [0.717, 1.165) is 16.9 Å². The number of aromatic nitrogens is 2. The van der Waals surface area contributed by atoms with Crippen molar-refractivity contribution in [1.29, 1.82) is 0 Å². The quantitative estimate of drug-likeness (QED) is 0.668. The lowest BCUT2D eigenvalue weighted by molar-refractivity contribution is 0.834. The summed E-state index contributed by atoms with van der Waals surface area (Å²) in [5.74, 6) is 0. The van der Waals surface area contributed by atoms with Crippen LogP contribution in [0.2, 0.25) is 10.0 Å². The van der Waals surface area contributed by atoms with Crippen LogP contribution in [-0.4, -0.2) is 16.0 Å². The predicted octanol–water partition coefficient (Wildman–Crippen LogP) is 4.84. The highest BCUT2D eigenvalue weighted by molar-refractivity contribution is 6.35. The van der Waals surface area contributed by atoms with Gasteiger partial charge in [0.2, 0.25) is 0 Å². The summed E-state index contributed by atoms with van der Waals surface area (Å²) in [7, 11) is 0. The summed E-state index contributed by atoms with van der Waals surface area (Å²) in [5, 5.41) is 4.08. The van der Waals surface area contributed by atoms with Gasteiger partial charge in [-0.1, -0.05) is 35.3 Å². The third kappa shape index (κ3) is 3.30. The largest absolute Gasteiger partial charge is 0.295 e. The first-order valence-corrected chi connectivity index (χ1v) is 8.09. The summed E-state index contributed by atoms with van der Waals surface area (Å²) in [5.41, 5.74) is 3.42. The molecule has 0 bridgehead atoms. The average molecular weight is 360 g/mol. The van der Waals surface area contributed by atoms with Gasteiger partial charge in [-0.15, -0.1) is 0 Å². The van der Waals surface area contributed by atoms with E-state index in [1.54, 1.807) is 18.2 Å². The molecule has 122 valence electrons. The van der Waals surface area contributed by atoms with Gasteiger partial charge in [0, 0.05) is 16.9 Å². The second kappa shape index (κ2) is 6.67. The molecule has 0 atom stereocenters. The first kappa shape index (κ1) is 16.6. The molecule has 3 aromatic rings. The number of hydrogen-bond acceptors (Lipinski definition) is 2. The summed E-state index contributed by atoms with van der Waals surface area (Å²) in [6.07, 6.45) is 1.51. The van der Waals surface area contributed by atoms with Gasteiger partial charge in [-0.05, 0) is 49.7 Å². The highest BCUT2D eigenvalue weighted by Crippen LogP contribution is 2.27. The second-order valence-corrected chi connectivity index (χ2v) is 6.33. The van der Waals surface area contributed by atoms with Crippen molar-refractivity contribution in [1.82, 2.24) is 9.78 Å². The highest BCUT2D eigenvalue weighted by Gasteiger charge is 2.11. The molecule has 3 rings (SSSR count). The van der Waals surface area contributed by atoms with Gasteiger partial charge in [0.05, 0.1) is 22.0 Å². The van der Waals surface area contributed by atoms with Crippen molar-refractivity contribution in [2.75, 3.05) is 0 Å². The molecule has 0 saturated carbocycles. The Morgan fingerprint density at radius 2 is 1.92 bits per heavy atom. The Bertz CT molecular complexity index is 986. The molecule has 0 unspecified atom stereocenters. The van der Waals surface area contributed by atoms with Crippen molar-refractivity contribution in [3.63, 3.8) is 0 Å². The third-order valence-electron chi connectivity index (χ3n) is 3.62. The zero-order valence-corrected chi connectivity index (χ0v) is 14.7. The molecule has 0 radical (unpaired) electrons. The van der Waals surface area contributed by atoms with Gasteiger partial charge in [0.25, 0.3) is 5.56 Å². The minimum absolute atomic E-state index is 0.167. The maximum absolute atomic E-state index is 12.7. The summed E-state index contributed by atoms with van der Waals surface area (Å²) in [4.78, 5) is 17.0. The number of nitrogens with one attached hydrogen (secondary N) is 1. The van der Waals surface area contributed by atoms with Gasteiger partial charge in [-0.3, -0.25) is 14.9 Å². The number of benzene rings is 2. The van der Waals surface area contributed by atoms with E-state index in [9.17, 15) is 4.79 Å². The number of H-pyrrole nitrogens is 1. The molecule has 6 heteroatoms. The van der Waals surface area contributed by atoms with Gasteiger partial charge >= 0.3 is 0 Å². The Balaban J connectivity index is 2.02. The molecule has 0 aliphatic rings. The monoisotopic (exact) mass is 359 g/mol. The van der Waals surface area contributed by atoms with E-state index in [2.05, 4.69) is 10.1 Å². The summed E-state index contributed by atoms with van der Waals surface area (Å²) in [6.45, 7) is 3.81. The number of hydrogen-bond donors (Lipinski definition) is 1. The fourth-order valence-electron chi connectivity index (χ4n) is 2.38. The van der Waals surface area contributed by atoms with Crippen LogP contribution in [0, 0.1) is 13.8 Å². The Kier molecular flexibility index (Phi) is 4.60. The molecule has 0 amide bonds. The average Bonchev–Trinajstić information content (AvgIpc) is 2.83. The van der Waals surface area contributed by atoms with Crippen LogP contribution in [0.5, 0.6) is 0 Å². The first-order valence-electron chi connectivity index (χ1n) is 7.33. The zero-order chi connectivity index (χ0) is 17.3. The van der Waals surface area contributed by atoms with Crippen LogP contribution in [0.15, 0.2) is 52.3 Å². The van der Waals surface area contributed by atoms with Crippen molar-refractivity contribution in [3.8, 4) is 5.69 Å². The van der Waals surface area contributed by atoms with Crippen molar-refractivity contribution < 1.29 is 0 Å². The number of halogens is 2. The Morgan fingerprint density at radius 1 is 1.12 bits per heavy atom. The van der Waals surface area contributed by atoms with Gasteiger partial charge in [-0.2, -0.15) is 0 Å². The molecule has 0 fully saturated rings. The van der Waals surface area contributed by atoms with E-state index in [0.29, 0.717) is 21.3 Å². The SMILES string of the molecule is Cc1cccc(-n2[nH]c(C)c(C=Nc3cc(Cl)ccc3Cl)c2=O)c1. The molecule has 2 aromatic carbocycles. The molecular weight excluding hydrogens is 345 g/mol. The summed E-state index contributed by atoms with van der Waals surface area (Å²) < 4.78 is 1.50. The first-order chi connectivity index (χ1) is 11.5. The molecule has 1 heterocycles. The number of rotatable bonds is 3. The highest BCUT2D eigenvalue weighted by atomic mass is 35.5. The van der Waals surface area contributed by atoms with Gasteiger partial charge in [0.15, 0.2) is 0 Å². The standard InChI is InChI=1S/C18H15Cl2N3O/c1-11-4-3-5-14(8-11)23-18(24)15(12(2)22-23)10-21-17-9-13(19)6-7-16(17)20/h3-10,22H,1-2H3. The van der Waals surface area contributed by atoms with Crippen LogP contribution in [-0.2, 0) is 0 Å². The van der Waals surface area contributed by atoms with E-state index in [1.807, 2.05) is 38.1 Å². The fraction of sp³-hybridized carbons (Fsp3) is 0.111. The fourth-order valence-corrected chi connectivity index (χ4v) is 2.71. The second-order valence-electron chi connectivity index (χ2n) is 5.48. The van der Waals surface area contributed by atoms with Crippen molar-refractivity contribution in [2.45, 2.75) is 13.8 Å². The van der Waals surface area contributed by atoms with Gasteiger partial charge < -0.3 is 0 Å². The summed E-state index contributed by atoms with van der Waals surface area (Å²) >= 11 is 12.1. The Hall–Kier alpha value is -2.30. The maximum atomic E-state index is 12.7. The Morgan fingerprint density at radius 3 is 2.67 bits per heavy atom. The molecular formula is C18H15Cl2N3O. The lowest BCUT2D eigenvalue weighted by Crippen LogP contribution is -2.17. The van der Waals surface area contributed by atoms with E-state index < -0.39 is 0 Å². The Labute approximate surface area is 149 Å². The molecule has 1 N–H and O–H groups in total. The molecule has 0 aliphatic carbocycles. The molecule has 24 heavy (non-hydrogen) atoms. The van der Waals surface area contributed by atoms with Gasteiger partial charge in [0.1, 0.15) is 0 Å². The molecule has 4 nitrogen and oxygen atoms in total. The van der Waals surface area contributed by atoms with Crippen LogP contribution >= 0.6 is 23.2 Å². The minimum Gasteiger partial charge on any atom is -0.295 e. The van der Waals surface area contributed by atoms with Crippen molar-refractivity contribution >= 4 is 35.1 Å². The van der Waals surface area contributed by atoms with E-state index >= 15 is 0 Å². The molecule has 0 spiro atoms. The third-order valence-corrected chi connectivity index (χ3v) is 4.17. The van der Waals surface area contributed by atoms with E-state index in [1.165, 1.54) is 10.9 Å². The minimum atomic E-state index is -0.167. The van der Waals surface area contributed by atoms with Crippen LogP contribution in [0.25, 0.3) is 5.69 Å². The van der Waals surface area contributed by atoms with Crippen LogP contribution < -0.4 is 5.56 Å². The van der Waals surface area contributed by atoms with E-state index in [4.69, 9.17) is 23.2 Å². The number of aliphatic imine (C=N–C) groups is 1. The van der Waals surface area contributed by atoms with Gasteiger partial charge in [-0.25, -0.2) is 4.68 Å². The number of aryl methyl sites for hydroxylation is 2. The lowest BCUT2D eigenvalue weighted by Gasteiger charge is -2.02. The van der Waals surface area contributed by atoms with Crippen molar-refractivity contribution in [3.05, 3.63) is 79.7 Å². The maximum Gasteiger partial charge on any atom is 0.280 e. The van der Waals surface area contributed by atoms with E-state index in [-0.39, 0.29) is 5.56 Å². The van der Waals surface area contributed by atoms with Crippen LogP contribution in [0.1, 0.15) is 16.8 Å². The molecule has 0 saturated heterocycles. The topological polar surface area (TPSA) is 50.1 Å². The zero-order valence-electron chi connectivity index (χ0n) is 13.2. The number of aromatic amines is 1. The van der Waals surface area contributed by atoms with Crippen LogP contribution in [0.3, 0.4) is 0 Å². The molecule has 0 aliphatic heterocycles. The van der Waals surface area contributed by atoms with Crippen molar-refractivity contribution in [2.24, 2.45) is 4.99 Å². The smallest absolute Gasteiger partial charge is 0.280 e. The summed E-state index contributed by atoms with van der Waals surface area (Å²) in [6, 6.07) is 12.7. The molecule has 1 aromatic heterocycles.